The minimum Gasteiger partial charge on any atom is -0.481 e. The fourth-order valence-corrected chi connectivity index (χ4v) is 1.31. The Bertz CT molecular complexity index is 287. The van der Waals surface area contributed by atoms with Crippen LogP contribution in [0.2, 0.25) is 0 Å². The van der Waals surface area contributed by atoms with Gasteiger partial charge in [0.2, 0.25) is 0 Å². The maximum atomic E-state index is 10.9. The lowest BCUT2D eigenvalue weighted by molar-refractivity contribution is -0.140. The summed E-state index contributed by atoms with van der Waals surface area (Å²) in [5.41, 5.74) is 0.630. The van der Waals surface area contributed by atoms with Crippen LogP contribution < -0.4 is 0 Å². The van der Waals surface area contributed by atoms with Crippen molar-refractivity contribution in [2.75, 3.05) is 0 Å². The minimum absolute atomic E-state index is 0. The van der Waals surface area contributed by atoms with E-state index in [1.54, 1.807) is 24.4 Å². The quantitative estimate of drug-likeness (QED) is 0.842. The number of halogens is 1. The number of hydrogen-bond donors (Lipinski definition) is 1. The highest BCUT2D eigenvalue weighted by molar-refractivity contribution is 5.85. The molecule has 0 saturated carbocycles. The second-order valence-corrected chi connectivity index (χ2v) is 3.31. The van der Waals surface area contributed by atoms with Crippen LogP contribution in [-0.2, 0) is 4.79 Å². The van der Waals surface area contributed by atoms with Gasteiger partial charge in [0.05, 0.1) is 5.69 Å². The van der Waals surface area contributed by atoms with Gasteiger partial charge in [-0.25, -0.2) is 0 Å². The first-order valence-corrected chi connectivity index (χ1v) is 4.26. The van der Waals surface area contributed by atoms with Crippen molar-refractivity contribution in [3.05, 3.63) is 30.1 Å². The van der Waals surface area contributed by atoms with Gasteiger partial charge in [-0.2, -0.15) is 0 Å². The van der Waals surface area contributed by atoms with Crippen molar-refractivity contribution in [2.24, 2.45) is 5.92 Å². The molecule has 0 fully saturated rings. The highest BCUT2D eigenvalue weighted by Crippen LogP contribution is 2.22. The Morgan fingerprint density at radius 2 is 2.07 bits per heavy atom. The number of rotatable bonds is 3. The summed E-state index contributed by atoms with van der Waals surface area (Å²) in [6, 6.07) is 5.34. The summed E-state index contributed by atoms with van der Waals surface area (Å²) in [6.45, 7) is 3.76. The Kier molecular flexibility index (Phi) is 5.16. The lowest BCUT2D eigenvalue weighted by Crippen LogP contribution is -2.18. The first kappa shape index (κ1) is 12.9. The van der Waals surface area contributed by atoms with Gasteiger partial charge in [-0.05, 0) is 18.1 Å². The molecule has 0 aliphatic carbocycles. The number of carboxylic acids is 1. The summed E-state index contributed by atoms with van der Waals surface area (Å²) in [6.07, 6.45) is 1.62. The first-order chi connectivity index (χ1) is 6.13. The van der Waals surface area contributed by atoms with E-state index in [2.05, 4.69) is 4.98 Å². The van der Waals surface area contributed by atoms with Crippen molar-refractivity contribution in [3.8, 4) is 0 Å². The predicted molar refractivity (Wildman–Crippen MR) is 56.7 cm³/mol. The molecule has 1 N–H and O–H groups in total. The van der Waals surface area contributed by atoms with Crippen molar-refractivity contribution >= 4 is 18.4 Å². The number of carbonyl (C=O) groups is 1. The fraction of sp³-hybridized carbons (Fsp3) is 0.400. The number of nitrogens with zero attached hydrogens (tertiary/aromatic N) is 1. The molecule has 4 heteroatoms. The zero-order chi connectivity index (χ0) is 9.84. The Balaban J connectivity index is 0.00000169. The van der Waals surface area contributed by atoms with E-state index in [9.17, 15) is 4.79 Å². The molecule has 1 aromatic rings. The average molecular weight is 216 g/mol. The third kappa shape index (κ3) is 3.00. The van der Waals surface area contributed by atoms with Gasteiger partial charge in [-0.1, -0.05) is 19.9 Å². The first-order valence-electron chi connectivity index (χ1n) is 4.26. The number of aromatic nitrogens is 1. The van der Waals surface area contributed by atoms with Crippen LogP contribution in [0, 0.1) is 5.92 Å². The van der Waals surface area contributed by atoms with Crippen LogP contribution in [0.4, 0.5) is 0 Å². The predicted octanol–water partition coefficient (Wildman–Crippen LogP) is 2.33. The Morgan fingerprint density at radius 1 is 1.43 bits per heavy atom. The molecule has 1 atom stereocenters. The molecule has 0 aliphatic rings. The van der Waals surface area contributed by atoms with E-state index in [1.165, 1.54) is 0 Å². The van der Waals surface area contributed by atoms with Crippen molar-refractivity contribution in [1.82, 2.24) is 4.98 Å². The van der Waals surface area contributed by atoms with Crippen LogP contribution in [0.25, 0.3) is 0 Å². The van der Waals surface area contributed by atoms with Gasteiger partial charge in [-0.15, -0.1) is 12.4 Å². The normalized spacial score (nSPS) is 11.9. The molecule has 0 saturated heterocycles. The van der Waals surface area contributed by atoms with Crippen LogP contribution in [0.1, 0.15) is 25.5 Å². The second-order valence-electron chi connectivity index (χ2n) is 3.31. The summed E-state index contributed by atoms with van der Waals surface area (Å²) in [5.74, 6) is -1.25. The van der Waals surface area contributed by atoms with E-state index in [0.29, 0.717) is 5.69 Å². The highest BCUT2D eigenvalue weighted by atomic mass is 35.5. The van der Waals surface area contributed by atoms with Crippen LogP contribution >= 0.6 is 12.4 Å². The SMILES string of the molecule is CC(C)C(C(=O)O)c1ccccn1.Cl. The number of pyridine rings is 1. The summed E-state index contributed by atoms with van der Waals surface area (Å²) < 4.78 is 0. The van der Waals surface area contributed by atoms with Crippen molar-refractivity contribution < 1.29 is 9.90 Å². The van der Waals surface area contributed by atoms with Gasteiger partial charge < -0.3 is 5.11 Å². The Labute approximate surface area is 89.6 Å². The minimum atomic E-state index is -0.811. The number of carboxylic acid groups (broad SMARTS) is 1. The molecule has 0 aliphatic heterocycles. The molecule has 1 aromatic heterocycles. The van der Waals surface area contributed by atoms with Gasteiger partial charge in [0, 0.05) is 6.20 Å². The molecule has 1 unspecified atom stereocenters. The Hall–Kier alpha value is -1.09. The zero-order valence-corrected chi connectivity index (χ0v) is 8.99. The topological polar surface area (TPSA) is 50.2 Å². The lowest BCUT2D eigenvalue weighted by Gasteiger charge is -2.14. The lowest BCUT2D eigenvalue weighted by atomic mass is 9.92. The maximum absolute atomic E-state index is 10.9. The van der Waals surface area contributed by atoms with Gasteiger partial charge in [-0.3, -0.25) is 9.78 Å². The third-order valence-electron chi connectivity index (χ3n) is 1.94. The maximum Gasteiger partial charge on any atom is 0.312 e. The monoisotopic (exact) mass is 215 g/mol. The van der Waals surface area contributed by atoms with Crippen LogP contribution in [0.3, 0.4) is 0 Å². The standard InChI is InChI=1S/C10H13NO2.ClH/c1-7(2)9(10(12)13)8-5-3-4-6-11-8;/h3-7,9H,1-2H3,(H,12,13);1H. The van der Waals surface area contributed by atoms with Gasteiger partial charge in [0.15, 0.2) is 0 Å². The smallest absolute Gasteiger partial charge is 0.312 e. The molecular formula is C10H14ClNO2. The van der Waals surface area contributed by atoms with Crippen LogP contribution in [-0.4, -0.2) is 16.1 Å². The molecular weight excluding hydrogens is 202 g/mol. The van der Waals surface area contributed by atoms with E-state index in [4.69, 9.17) is 5.11 Å². The molecule has 14 heavy (non-hydrogen) atoms. The molecule has 1 rings (SSSR count). The van der Waals surface area contributed by atoms with Crippen molar-refractivity contribution in [1.29, 1.82) is 0 Å². The Morgan fingerprint density at radius 3 is 2.43 bits per heavy atom. The van der Waals surface area contributed by atoms with Gasteiger partial charge in [0.1, 0.15) is 5.92 Å². The molecule has 3 nitrogen and oxygen atoms in total. The van der Waals surface area contributed by atoms with E-state index >= 15 is 0 Å². The van der Waals surface area contributed by atoms with E-state index in [1.807, 2.05) is 13.8 Å². The van der Waals surface area contributed by atoms with Gasteiger partial charge >= 0.3 is 5.97 Å². The van der Waals surface area contributed by atoms with Crippen molar-refractivity contribution in [2.45, 2.75) is 19.8 Å². The second kappa shape index (κ2) is 5.60. The van der Waals surface area contributed by atoms with E-state index in [0.717, 1.165) is 0 Å². The van der Waals surface area contributed by atoms with Gasteiger partial charge in [0.25, 0.3) is 0 Å². The summed E-state index contributed by atoms with van der Waals surface area (Å²) in [7, 11) is 0. The van der Waals surface area contributed by atoms with E-state index < -0.39 is 11.9 Å². The van der Waals surface area contributed by atoms with E-state index in [-0.39, 0.29) is 18.3 Å². The molecule has 0 amide bonds. The molecule has 0 spiro atoms. The zero-order valence-electron chi connectivity index (χ0n) is 8.18. The summed E-state index contributed by atoms with van der Waals surface area (Å²) in [4.78, 5) is 14.9. The molecule has 1 heterocycles. The highest BCUT2D eigenvalue weighted by Gasteiger charge is 2.24. The summed E-state index contributed by atoms with van der Waals surface area (Å²) >= 11 is 0. The molecule has 0 bridgehead atoms. The number of aliphatic carboxylic acids is 1. The fourth-order valence-electron chi connectivity index (χ4n) is 1.31. The molecule has 0 aromatic carbocycles. The summed E-state index contributed by atoms with van der Waals surface area (Å²) in [5, 5.41) is 8.96. The third-order valence-corrected chi connectivity index (χ3v) is 1.94. The average Bonchev–Trinajstić information content (AvgIpc) is 2.04. The van der Waals surface area contributed by atoms with Crippen molar-refractivity contribution in [3.63, 3.8) is 0 Å². The largest absolute Gasteiger partial charge is 0.481 e. The number of hydrogen-bond acceptors (Lipinski definition) is 2. The van der Waals surface area contributed by atoms with Crippen LogP contribution in [0.15, 0.2) is 24.4 Å². The molecule has 0 radical (unpaired) electrons. The molecule has 78 valence electrons. The van der Waals surface area contributed by atoms with Crippen LogP contribution in [0.5, 0.6) is 0 Å².